The third kappa shape index (κ3) is 8.12. The number of benzene rings is 4. The van der Waals surface area contributed by atoms with Crippen LogP contribution in [0.5, 0.6) is 0 Å². The molecule has 0 bridgehead atoms. The predicted molar refractivity (Wildman–Crippen MR) is 155 cm³/mol. The molecule has 0 saturated carbocycles. The van der Waals surface area contributed by atoms with Gasteiger partial charge in [-0.2, -0.15) is 0 Å². The highest BCUT2D eigenvalue weighted by Crippen LogP contribution is 2.30. The van der Waals surface area contributed by atoms with Crippen molar-refractivity contribution in [3.8, 4) is 0 Å². The Labute approximate surface area is 235 Å². The highest BCUT2D eigenvalue weighted by molar-refractivity contribution is 6.30. The minimum absolute atomic E-state index is 0.293. The van der Waals surface area contributed by atoms with Crippen molar-refractivity contribution >= 4 is 17.7 Å². The minimum atomic E-state index is -0.317. The summed E-state index contributed by atoms with van der Waals surface area (Å²) in [7, 11) is 0. The second kappa shape index (κ2) is 14.2. The quantitative estimate of drug-likeness (QED) is 0.186. The van der Waals surface area contributed by atoms with E-state index in [9.17, 15) is 0 Å². The van der Waals surface area contributed by atoms with Gasteiger partial charge in [-0.25, -0.2) is 0 Å². The van der Waals surface area contributed by atoms with Gasteiger partial charge in [0.25, 0.3) is 0 Å². The van der Waals surface area contributed by atoms with Crippen LogP contribution in [0.3, 0.4) is 0 Å². The van der Waals surface area contributed by atoms with Crippen molar-refractivity contribution in [2.24, 2.45) is 0 Å². The molecule has 0 radical (unpaired) electrons. The Hall–Kier alpha value is -3.25. The third-order valence-corrected chi connectivity index (χ3v) is 6.91. The SMILES string of the molecule is Clc1ccc(/C=C/[C@H]2O[C@H](COCc3ccccc3)[C@@H](OCc3ccccc3)[C@@H]2OCc2ccccc2)cc1. The Kier molecular flexibility index (Phi) is 9.97. The second-order valence-electron chi connectivity index (χ2n) is 9.57. The van der Waals surface area contributed by atoms with Crippen LogP contribution >= 0.6 is 11.6 Å². The summed E-state index contributed by atoms with van der Waals surface area (Å²) in [6.07, 6.45) is 2.86. The van der Waals surface area contributed by atoms with Crippen molar-refractivity contribution < 1.29 is 18.9 Å². The zero-order valence-electron chi connectivity index (χ0n) is 21.8. The van der Waals surface area contributed by atoms with Gasteiger partial charge in [-0.1, -0.05) is 127 Å². The first-order chi connectivity index (χ1) is 19.2. The van der Waals surface area contributed by atoms with Crippen LogP contribution < -0.4 is 0 Å². The van der Waals surface area contributed by atoms with Crippen molar-refractivity contribution in [2.75, 3.05) is 6.61 Å². The van der Waals surface area contributed by atoms with E-state index in [0.717, 1.165) is 22.3 Å². The van der Waals surface area contributed by atoms with E-state index in [0.29, 0.717) is 31.5 Å². The Morgan fingerprint density at radius 1 is 0.615 bits per heavy atom. The van der Waals surface area contributed by atoms with Crippen molar-refractivity contribution in [1.29, 1.82) is 0 Å². The normalized spacial score (nSPS) is 20.9. The molecule has 1 heterocycles. The molecular weight excluding hydrogens is 508 g/mol. The maximum atomic E-state index is 6.56. The second-order valence-corrected chi connectivity index (χ2v) is 10.0. The maximum Gasteiger partial charge on any atom is 0.116 e. The Morgan fingerprint density at radius 2 is 1.13 bits per heavy atom. The van der Waals surface area contributed by atoms with E-state index in [1.54, 1.807) is 0 Å². The van der Waals surface area contributed by atoms with Gasteiger partial charge < -0.3 is 18.9 Å². The molecule has 0 spiro atoms. The van der Waals surface area contributed by atoms with Crippen LogP contribution in [0.25, 0.3) is 6.08 Å². The predicted octanol–water partition coefficient (Wildman–Crippen LogP) is 7.51. The third-order valence-electron chi connectivity index (χ3n) is 6.66. The largest absolute Gasteiger partial charge is 0.374 e. The molecule has 39 heavy (non-hydrogen) atoms. The first-order valence-electron chi connectivity index (χ1n) is 13.3. The molecule has 0 amide bonds. The van der Waals surface area contributed by atoms with Gasteiger partial charge >= 0.3 is 0 Å². The lowest BCUT2D eigenvalue weighted by molar-refractivity contribution is -0.0896. The van der Waals surface area contributed by atoms with Gasteiger partial charge in [0.05, 0.1) is 26.4 Å². The van der Waals surface area contributed by atoms with E-state index in [2.05, 4.69) is 42.5 Å². The lowest BCUT2D eigenvalue weighted by Crippen LogP contribution is -2.38. The summed E-state index contributed by atoms with van der Waals surface area (Å²) >= 11 is 6.08. The van der Waals surface area contributed by atoms with E-state index < -0.39 is 0 Å². The van der Waals surface area contributed by atoms with Crippen LogP contribution in [-0.2, 0) is 38.8 Å². The van der Waals surface area contributed by atoms with Crippen LogP contribution in [0, 0.1) is 0 Å². The van der Waals surface area contributed by atoms with E-state index in [4.69, 9.17) is 30.5 Å². The molecule has 0 N–H and O–H groups in total. The molecule has 4 nitrogen and oxygen atoms in total. The summed E-state index contributed by atoms with van der Waals surface area (Å²) in [5, 5.41) is 0.707. The summed E-state index contributed by atoms with van der Waals surface area (Å²) in [6, 6.07) is 38.2. The maximum absolute atomic E-state index is 6.56. The first kappa shape index (κ1) is 27.3. The highest BCUT2D eigenvalue weighted by Gasteiger charge is 2.45. The van der Waals surface area contributed by atoms with Crippen molar-refractivity contribution in [1.82, 2.24) is 0 Å². The molecule has 0 aromatic heterocycles. The molecule has 4 aromatic carbocycles. The van der Waals surface area contributed by atoms with E-state index in [1.807, 2.05) is 84.9 Å². The highest BCUT2D eigenvalue weighted by atomic mass is 35.5. The molecule has 4 aromatic rings. The van der Waals surface area contributed by atoms with Gasteiger partial charge in [-0.3, -0.25) is 0 Å². The van der Waals surface area contributed by atoms with Gasteiger partial charge in [0.15, 0.2) is 0 Å². The monoisotopic (exact) mass is 540 g/mol. The van der Waals surface area contributed by atoms with Gasteiger partial charge in [-0.15, -0.1) is 0 Å². The number of hydrogen-bond donors (Lipinski definition) is 0. The smallest absolute Gasteiger partial charge is 0.116 e. The van der Waals surface area contributed by atoms with Crippen LogP contribution in [-0.4, -0.2) is 31.0 Å². The number of hydrogen-bond acceptors (Lipinski definition) is 4. The topological polar surface area (TPSA) is 36.9 Å². The number of rotatable bonds is 12. The molecule has 0 unspecified atom stereocenters. The summed E-state index contributed by atoms with van der Waals surface area (Å²) in [5.74, 6) is 0. The fraction of sp³-hybridized carbons (Fsp3) is 0.235. The molecule has 5 rings (SSSR count). The van der Waals surface area contributed by atoms with Gasteiger partial charge in [0, 0.05) is 5.02 Å². The summed E-state index contributed by atoms with van der Waals surface area (Å²) < 4.78 is 25.7. The van der Waals surface area contributed by atoms with Crippen LogP contribution in [0.4, 0.5) is 0 Å². The van der Waals surface area contributed by atoms with E-state index in [1.165, 1.54) is 0 Å². The lowest BCUT2D eigenvalue weighted by Gasteiger charge is -2.24. The van der Waals surface area contributed by atoms with Crippen LogP contribution in [0.1, 0.15) is 22.3 Å². The first-order valence-corrected chi connectivity index (χ1v) is 13.6. The van der Waals surface area contributed by atoms with Crippen LogP contribution in [0.15, 0.2) is 121 Å². The van der Waals surface area contributed by atoms with E-state index in [-0.39, 0.29) is 24.4 Å². The Morgan fingerprint density at radius 3 is 1.69 bits per heavy atom. The fourth-order valence-electron chi connectivity index (χ4n) is 4.62. The summed E-state index contributed by atoms with van der Waals surface area (Å²) in [6.45, 7) is 1.82. The molecule has 1 aliphatic heterocycles. The van der Waals surface area contributed by atoms with Crippen molar-refractivity contribution in [3.63, 3.8) is 0 Å². The Balaban J connectivity index is 1.35. The van der Waals surface area contributed by atoms with Gasteiger partial charge in [0.2, 0.25) is 0 Å². The standard InChI is InChI=1S/C34H33ClO4/c35-30-19-16-26(17-20-30)18-21-31-33(37-23-28-12-6-2-7-13-28)34(38-24-29-14-8-3-9-15-29)32(39-31)25-36-22-27-10-4-1-5-11-27/h1-21,31-34H,22-25H2/b21-18+/t31-,32-,33-,34-/m1/s1. The Bertz CT molecular complexity index is 1280. The molecule has 0 aliphatic carbocycles. The van der Waals surface area contributed by atoms with Crippen LogP contribution in [0.2, 0.25) is 5.02 Å². The molecule has 200 valence electrons. The average molecular weight is 541 g/mol. The van der Waals surface area contributed by atoms with Gasteiger partial charge in [0.1, 0.15) is 24.4 Å². The minimum Gasteiger partial charge on any atom is -0.374 e. The van der Waals surface area contributed by atoms with Crippen molar-refractivity contribution in [2.45, 2.75) is 44.2 Å². The molecule has 1 aliphatic rings. The fourth-order valence-corrected chi connectivity index (χ4v) is 4.74. The molecule has 1 saturated heterocycles. The summed E-state index contributed by atoms with van der Waals surface area (Å²) in [4.78, 5) is 0. The number of ether oxygens (including phenoxy) is 4. The molecular formula is C34H33ClO4. The molecule has 5 heteroatoms. The lowest BCUT2D eigenvalue weighted by atomic mass is 10.1. The molecule has 4 atom stereocenters. The van der Waals surface area contributed by atoms with E-state index >= 15 is 0 Å². The zero-order valence-corrected chi connectivity index (χ0v) is 22.5. The zero-order chi connectivity index (χ0) is 26.7. The van der Waals surface area contributed by atoms with Crippen molar-refractivity contribution in [3.05, 3.63) is 149 Å². The summed E-state index contributed by atoms with van der Waals surface area (Å²) in [5.41, 5.74) is 4.36. The average Bonchev–Trinajstić information content (AvgIpc) is 3.32. The van der Waals surface area contributed by atoms with Gasteiger partial charge in [-0.05, 0) is 34.4 Å². The number of halogens is 1. The molecule has 1 fully saturated rings.